The SMILES string of the molecule is Cc1nnc(CN2CCC(N3CCC[C@H](C(=O)N4CCCC4)C3)CC2)s1. The van der Waals surface area contributed by atoms with Crippen LogP contribution in [0, 0.1) is 12.8 Å². The molecular formula is C19H31N5OS. The molecule has 3 fully saturated rings. The average Bonchev–Trinajstić information content (AvgIpc) is 3.34. The molecule has 0 N–H and O–H groups in total. The van der Waals surface area contributed by atoms with Crippen molar-refractivity contribution in [2.75, 3.05) is 39.3 Å². The number of piperidine rings is 2. The fourth-order valence-electron chi connectivity index (χ4n) is 4.77. The van der Waals surface area contributed by atoms with Gasteiger partial charge in [-0.05, 0) is 52.0 Å². The van der Waals surface area contributed by atoms with E-state index < -0.39 is 0 Å². The third-order valence-electron chi connectivity index (χ3n) is 6.22. The standard InChI is InChI=1S/C19H31N5OS/c1-15-20-21-18(26-15)14-22-11-6-17(7-12-22)24-10-4-5-16(13-24)19(25)23-8-2-3-9-23/h16-17H,2-14H2,1H3/t16-/m0/s1. The first-order chi connectivity index (χ1) is 12.7. The molecule has 3 saturated heterocycles. The zero-order chi connectivity index (χ0) is 17.9. The number of carbonyl (C=O) groups is 1. The Balaban J connectivity index is 1.26. The number of hydrogen-bond acceptors (Lipinski definition) is 6. The van der Waals surface area contributed by atoms with Gasteiger partial charge >= 0.3 is 0 Å². The summed E-state index contributed by atoms with van der Waals surface area (Å²) in [7, 11) is 0. The maximum Gasteiger partial charge on any atom is 0.226 e. The number of carbonyl (C=O) groups excluding carboxylic acids is 1. The summed E-state index contributed by atoms with van der Waals surface area (Å²) in [6.45, 7) is 9.34. The minimum atomic E-state index is 0.240. The fraction of sp³-hybridized carbons (Fsp3) is 0.842. The van der Waals surface area contributed by atoms with Crippen LogP contribution in [0.5, 0.6) is 0 Å². The lowest BCUT2D eigenvalue weighted by atomic mass is 9.93. The normalized spacial score (nSPS) is 26.5. The molecule has 144 valence electrons. The van der Waals surface area contributed by atoms with E-state index in [4.69, 9.17) is 0 Å². The van der Waals surface area contributed by atoms with Gasteiger partial charge in [-0.25, -0.2) is 0 Å². The lowest BCUT2D eigenvalue weighted by molar-refractivity contribution is -0.136. The molecule has 4 heterocycles. The van der Waals surface area contributed by atoms with Gasteiger partial charge in [-0.15, -0.1) is 21.5 Å². The highest BCUT2D eigenvalue weighted by Crippen LogP contribution is 2.26. The molecule has 0 unspecified atom stereocenters. The van der Waals surface area contributed by atoms with E-state index in [1.54, 1.807) is 11.3 Å². The van der Waals surface area contributed by atoms with Crippen molar-refractivity contribution in [2.45, 2.75) is 58.0 Å². The molecule has 3 aliphatic rings. The van der Waals surface area contributed by atoms with E-state index in [1.807, 2.05) is 6.92 Å². The van der Waals surface area contributed by atoms with Crippen molar-refractivity contribution in [1.29, 1.82) is 0 Å². The van der Waals surface area contributed by atoms with Crippen molar-refractivity contribution in [2.24, 2.45) is 5.92 Å². The van der Waals surface area contributed by atoms with E-state index in [2.05, 4.69) is 24.9 Å². The Labute approximate surface area is 160 Å². The lowest BCUT2D eigenvalue weighted by Gasteiger charge is -2.42. The van der Waals surface area contributed by atoms with Gasteiger partial charge in [0.1, 0.15) is 10.0 Å². The van der Waals surface area contributed by atoms with Crippen LogP contribution in [0.1, 0.15) is 48.5 Å². The van der Waals surface area contributed by atoms with Crippen molar-refractivity contribution in [3.63, 3.8) is 0 Å². The van der Waals surface area contributed by atoms with Crippen LogP contribution in [0.25, 0.3) is 0 Å². The summed E-state index contributed by atoms with van der Waals surface area (Å²) < 4.78 is 0. The molecule has 1 aromatic heterocycles. The van der Waals surface area contributed by atoms with Gasteiger partial charge in [-0.3, -0.25) is 14.6 Å². The van der Waals surface area contributed by atoms with Crippen molar-refractivity contribution in [1.82, 2.24) is 24.9 Å². The largest absolute Gasteiger partial charge is 0.342 e. The van der Waals surface area contributed by atoms with Crippen LogP contribution in [0.4, 0.5) is 0 Å². The predicted octanol–water partition coefficient (Wildman–Crippen LogP) is 2.15. The molecule has 1 aromatic rings. The van der Waals surface area contributed by atoms with Gasteiger partial charge in [0.25, 0.3) is 0 Å². The first-order valence-corrected chi connectivity index (χ1v) is 11.0. The second kappa shape index (κ2) is 8.31. The van der Waals surface area contributed by atoms with Gasteiger partial charge in [0.15, 0.2) is 0 Å². The zero-order valence-corrected chi connectivity index (χ0v) is 16.7. The molecule has 0 aromatic carbocycles. The number of nitrogens with zero attached hydrogens (tertiary/aromatic N) is 5. The highest BCUT2D eigenvalue weighted by Gasteiger charge is 2.34. The Morgan fingerprint density at radius 1 is 1.04 bits per heavy atom. The highest BCUT2D eigenvalue weighted by molar-refractivity contribution is 7.11. The second-order valence-corrected chi connectivity index (χ2v) is 9.35. The van der Waals surface area contributed by atoms with E-state index in [1.165, 1.54) is 38.6 Å². The molecule has 26 heavy (non-hydrogen) atoms. The monoisotopic (exact) mass is 377 g/mol. The van der Waals surface area contributed by atoms with E-state index in [0.717, 1.165) is 55.7 Å². The Kier molecular flexibility index (Phi) is 5.86. The molecule has 0 spiro atoms. The lowest BCUT2D eigenvalue weighted by Crippen LogP contribution is -2.51. The number of amides is 1. The van der Waals surface area contributed by atoms with E-state index >= 15 is 0 Å². The molecule has 0 saturated carbocycles. The maximum absolute atomic E-state index is 12.8. The first kappa shape index (κ1) is 18.3. The molecule has 0 radical (unpaired) electrons. The Hall–Kier alpha value is -1.05. The molecule has 0 bridgehead atoms. The summed E-state index contributed by atoms with van der Waals surface area (Å²) >= 11 is 1.71. The van der Waals surface area contributed by atoms with Gasteiger partial charge < -0.3 is 4.90 Å². The van der Waals surface area contributed by atoms with Gasteiger partial charge in [0.2, 0.25) is 5.91 Å². The quantitative estimate of drug-likeness (QED) is 0.805. The number of aryl methyl sites for hydroxylation is 1. The van der Waals surface area contributed by atoms with Gasteiger partial charge in [0.05, 0.1) is 12.5 Å². The molecule has 1 atom stereocenters. The Morgan fingerprint density at radius 2 is 1.81 bits per heavy atom. The van der Waals surface area contributed by atoms with Crippen molar-refractivity contribution >= 4 is 17.2 Å². The number of likely N-dealkylation sites (tertiary alicyclic amines) is 3. The molecular weight excluding hydrogens is 346 g/mol. The van der Waals surface area contributed by atoms with Crippen LogP contribution in [-0.4, -0.2) is 76.1 Å². The fourth-order valence-corrected chi connectivity index (χ4v) is 5.52. The van der Waals surface area contributed by atoms with E-state index in [-0.39, 0.29) is 5.92 Å². The topological polar surface area (TPSA) is 52.6 Å². The van der Waals surface area contributed by atoms with Gasteiger partial charge in [-0.1, -0.05) is 0 Å². The third-order valence-corrected chi connectivity index (χ3v) is 7.04. The zero-order valence-electron chi connectivity index (χ0n) is 15.9. The smallest absolute Gasteiger partial charge is 0.226 e. The van der Waals surface area contributed by atoms with Crippen LogP contribution in [0.3, 0.4) is 0 Å². The van der Waals surface area contributed by atoms with Gasteiger partial charge in [0, 0.05) is 38.8 Å². The van der Waals surface area contributed by atoms with Crippen LogP contribution >= 0.6 is 11.3 Å². The number of rotatable bonds is 4. The summed E-state index contributed by atoms with van der Waals surface area (Å²) in [6, 6.07) is 0.650. The summed E-state index contributed by atoms with van der Waals surface area (Å²) in [4.78, 5) is 20.0. The summed E-state index contributed by atoms with van der Waals surface area (Å²) in [6.07, 6.45) is 7.06. The molecule has 3 aliphatic heterocycles. The third kappa shape index (κ3) is 4.26. The number of hydrogen-bond donors (Lipinski definition) is 0. The van der Waals surface area contributed by atoms with Crippen LogP contribution in [0.15, 0.2) is 0 Å². The van der Waals surface area contributed by atoms with Crippen LogP contribution in [0.2, 0.25) is 0 Å². The first-order valence-electron chi connectivity index (χ1n) is 10.2. The molecule has 7 heteroatoms. The summed E-state index contributed by atoms with van der Waals surface area (Å²) in [5, 5.41) is 10.6. The molecule has 6 nitrogen and oxygen atoms in total. The highest BCUT2D eigenvalue weighted by atomic mass is 32.1. The summed E-state index contributed by atoms with van der Waals surface area (Å²) in [5.41, 5.74) is 0. The number of aromatic nitrogens is 2. The Morgan fingerprint density at radius 3 is 2.50 bits per heavy atom. The van der Waals surface area contributed by atoms with Crippen molar-refractivity contribution < 1.29 is 4.79 Å². The maximum atomic E-state index is 12.8. The van der Waals surface area contributed by atoms with Crippen molar-refractivity contribution in [3.8, 4) is 0 Å². The minimum Gasteiger partial charge on any atom is -0.342 e. The molecule has 0 aliphatic carbocycles. The van der Waals surface area contributed by atoms with Crippen LogP contribution < -0.4 is 0 Å². The Bertz CT molecular complexity index is 607. The molecule has 4 rings (SSSR count). The van der Waals surface area contributed by atoms with Crippen LogP contribution in [-0.2, 0) is 11.3 Å². The van der Waals surface area contributed by atoms with Crippen molar-refractivity contribution in [3.05, 3.63) is 10.0 Å². The predicted molar refractivity (Wildman–Crippen MR) is 103 cm³/mol. The minimum absolute atomic E-state index is 0.240. The van der Waals surface area contributed by atoms with E-state index in [9.17, 15) is 4.79 Å². The van der Waals surface area contributed by atoms with E-state index in [0.29, 0.717) is 11.9 Å². The second-order valence-electron chi connectivity index (χ2n) is 8.09. The molecule has 1 amide bonds. The van der Waals surface area contributed by atoms with Gasteiger partial charge in [-0.2, -0.15) is 0 Å². The average molecular weight is 378 g/mol. The summed E-state index contributed by atoms with van der Waals surface area (Å²) in [5.74, 6) is 0.667.